The van der Waals surface area contributed by atoms with Crippen molar-refractivity contribution in [3.63, 3.8) is 0 Å². The Morgan fingerprint density at radius 3 is 2.19 bits per heavy atom. The molecule has 0 aromatic carbocycles. The maximum atomic E-state index is 12.1. The lowest BCUT2D eigenvalue weighted by Crippen LogP contribution is -2.48. The summed E-state index contributed by atoms with van der Waals surface area (Å²) < 4.78 is 24.9. The van der Waals surface area contributed by atoms with E-state index in [1.165, 1.54) is 10.6 Å². The highest BCUT2D eigenvalue weighted by Gasteiger charge is 2.50. The molecule has 2 aliphatic rings. The Morgan fingerprint density at radius 2 is 1.81 bits per heavy atom. The second kappa shape index (κ2) is 5.92. The summed E-state index contributed by atoms with van der Waals surface area (Å²) in [5.41, 5.74) is 0. The monoisotopic (exact) mass is 318 g/mol. The van der Waals surface area contributed by atoms with Gasteiger partial charge in [0.1, 0.15) is 0 Å². The average Bonchev–Trinajstić information content (AvgIpc) is 3.18. The van der Waals surface area contributed by atoms with Gasteiger partial charge in [-0.25, -0.2) is 8.42 Å². The van der Waals surface area contributed by atoms with E-state index in [1.807, 2.05) is 0 Å². The SMILES string of the molecule is CCN(C1CCN(C(=O)C2CC2C(=O)O)CC1)S(C)(=O)=O. The minimum absolute atomic E-state index is 0.0662. The standard InChI is InChI=1S/C13H22N2O5S/c1-3-15(21(2,19)20)9-4-6-14(7-5-9)12(16)10-8-11(10)13(17)18/h9-11H,3-8H2,1-2H3,(H,17,18). The fraction of sp³-hybridized carbons (Fsp3) is 0.846. The van der Waals surface area contributed by atoms with Crippen molar-refractivity contribution in [2.75, 3.05) is 25.9 Å². The van der Waals surface area contributed by atoms with Crippen molar-refractivity contribution >= 4 is 21.9 Å². The number of amides is 1. The molecule has 120 valence electrons. The van der Waals surface area contributed by atoms with Gasteiger partial charge in [-0.05, 0) is 19.3 Å². The Hall–Kier alpha value is -1.15. The second-order valence-electron chi connectivity index (χ2n) is 5.81. The molecule has 7 nitrogen and oxygen atoms in total. The van der Waals surface area contributed by atoms with Crippen molar-refractivity contribution in [3.05, 3.63) is 0 Å². The molecule has 2 unspecified atom stereocenters. The van der Waals surface area contributed by atoms with E-state index in [1.54, 1.807) is 11.8 Å². The predicted molar refractivity (Wildman–Crippen MR) is 76.1 cm³/mol. The molecule has 1 N–H and O–H groups in total. The van der Waals surface area contributed by atoms with Crippen molar-refractivity contribution in [1.82, 2.24) is 9.21 Å². The van der Waals surface area contributed by atoms with Crippen LogP contribution < -0.4 is 0 Å². The maximum absolute atomic E-state index is 12.1. The number of carbonyl (C=O) groups excluding carboxylic acids is 1. The Labute approximate surface area is 125 Å². The Balaban J connectivity index is 1.89. The van der Waals surface area contributed by atoms with Crippen molar-refractivity contribution in [2.24, 2.45) is 11.8 Å². The van der Waals surface area contributed by atoms with Crippen LogP contribution in [0.1, 0.15) is 26.2 Å². The molecule has 0 spiro atoms. The van der Waals surface area contributed by atoms with Crippen LogP contribution in [0.15, 0.2) is 0 Å². The van der Waals surface area contributed by atoms with Gasteiger partial charge in [0.05, 0.1) is 18.1 Å². The molecule has 0 aromatic heterocycles. The van der Waals surface area contributed by atoms with Gasteiger partial charge in [-0.3, -0.25) is 9.59 Å². The van der Waals surface area contributed by atoms with Crippen LogP contribution in [0.25, 0.3) is 0 Å². The lowest BCUT2D eigenvalue weighted by atomic mass is 10.0. The van der Waals surface area contributed by atoms with Crippen LogP contribution in [-0.2, 0) is 19.6 Å². The molecule has 2 rings (SSSR count). The van der Waals surface area contributed by atoms with Crippen LogP contribution in [-0.4, -0.2) is 66.5 Å². The summed E-state index contributed by atoms with van der Waals surface area (Å²) in [6, 6.07) is -0.0662. The molecule has 21 heavy (non-hydrogen) atoms. The predicted octanol–water partition coefficient (Wildman–Crippen LogP) is -0.0204. The van der Waals surface area contributed by atoms with Crippen LogP contribution in [0.5, 0.6) is 0 Å². The van der Waals surface area contributed by atoms with Crippen LogP contribution in [0.4, 0.5) is 0 Å². The van der Waals surface area contributed by atoms with Gasteiger partial charge in [-0.15, -0.1) is 0 Å². The topological polar surface area (TPSA) is 95.0 Å². The molecular weight excluding hydrogens is 296 g/mol. The molecule has 0 aromatic rings. The number of hydrogen-bond donors (Lipinski definition) is 1. The van der Waals surface area contributed by atoms with Gasteiger partial charge in [-0.1, -0.05) is 6.92 Å². The van der Waals surface area contributed by atoms with Gasteiger partial charge >= 0.3 is 5.97 Å². The van der Waals surface area contributed by atoms with Crippen LogP contribution in [0.2, 0.25) is 0 Å². The number of rotatable bonds is 5. The van der Waals surface area contributed by atoms with Gasteiger partial charge in [0.25, 0.3) is 0 Å². The van der Waals surface area contributed by atoms with E-state index in [2.05, 4.69) is 0 Å². The van der Waals surface area contributed by atoms with E-state index in [0.29, 0.717) is 38.9 Å². The summed E-state index contributed by atoms with van der Waals surface area (Å²) in [5, 5.41) is 8.86. The Morgan fingerprint density at radius 1 is 1.24 bits per heavy atom. The number of aliphatic carboxylic acids is 1. The summed E-state index contributed by atoms with van der Waals surface area (Å²) in [6.45, 7) is 3.23. The van der Waals surface area contributed by atoms with E-state index in [0.717, 1.165) is 0 Å². The van der Waals surface area contributed by atoms with Gasteiger partial charge in [-0.2, -0.15) is 4.31 Å². The Kier molecular flexibility index (Phi) is 4.57. The molecule has 1 heterocycles. The summed E-state index contributed by atoms with van der Waals surface area (Å²) in [4.78, 5) is 24.6. The molecule has 2 atom stereocenters. The molecule has 1 saturated heterocycles. The zero-order valence-corrected chi connectivity index (χ0v) is 13.2. The third-order valence-corrected chi connectivity index (χ3v) is 5.75. The number of carboxylic acids is 1. The van der Waals surface area contributed by atoms with Crippen molar-refractivity contribution < 1.29 is 23.1 Å². The fourth-order valence-corrected chi connectivity index (χ4v) is 4.33. The van der Waals surface area contributed by atoms with Crippen molar-refractivity contribution in [2.45, 2.75) is 32.2 Å². The summed E-state index contributed by atoms with van der Waals surface area (Å²) in [5.74, 6) is -1.91. The third kappa shape index (κ3) is 3.55. The molecule has 2 fully saturated rings. The minimum atomic E-state index is -3.22. The van der Waals surface area contributed by atoms with E-state index in [4.69, 9.17) is 5.11 Å². The van der Waals surface area contributed by atoms with Crippen LogP contribution in [0, 0.1) is 11.8 Å². The molecule has 0 radical (unpaired) electrons. The van der Waals surface area contributed by atoms with Crippen LogP contribution >= 0.6 is 0 Å². The highest BCUT2D eigenvalue weighted by molar-refractivity contribution is 7.88. The third-order valence-electron chi connectivity index (χ3n) is 4.35. The summed E-state index contributed by atoms with van der Waals surface area (Å²) in [7, 11) is -3.22. The number of carbonyl (C=O) groups is 2. The number of carboxylic acid groups (broad SMARTS) is 1. The quantitative estimate of drug-likeness (QED) is 0.768. The number of hydrogen-bond acceptors (Lipinski definition) is 4. The number of piperidine rings is 1. The largest absolute Gasteiger partial charge is 0.481 e. The molecule has 0 bridgehead atoms. The van der Waals surface area contributed by atoms with E-state index in [9.17, 15) is 18.0 Å². The van der Waals surface area contributed by atoms with Gasteiger partial charge in [0, 0.05) is 25.7 Å². The Bertz CT molecular complexity index is 525. The normalized spacial score (nSPS) is 26.9. The second-order valence-corrected chi connectivity index (χ2v) is 7.74. The lowest BCUT2D eigenvalue weighted by molar-refractivity contribution is -0.142. The zero-order valence-electron chi connectivity index (χ0n) is 12.4. The number of nitrogens with zero attached hydrogens (tertiary/aromatic N) is 2. The van der Waals surface area contributed by atoms with E-state index < -0.39 is 21.9 Å². The fourth-order valence-electron chi connectivity index (χ4n) is 3.11. The van der Waals surface area contributed by atoms with Crippen molar-refractivity contribution in [3.8, 4) is 0 Å². The van der Waals surface area contributed by atoms with Crippen LogP contribution in [0.3, 0.4) is 0 Å². The average molecular weight is 318 g/mol. The highest BCUT2D eigenvalue weighted by Crippen LogP contribution is 2.40. The lowest BCUT2D eigenvalue weighted by Gasteiger charge is -2.37. The molecule has 1 aliphatic heterocycles. The maximum Gasteiger partial charge on any atom is 0.307 e. The van der Waals surface area contributed by atoms with Crippen molar-refractivity contribution in [1.29, 1.82) is 0 Å². The number of likely N-dealkylation sites (tertiary alicyclic amines) is 1. The zero-order chi connectivity index (χ0) is 15.8. The van der Waals surface area contributed by atoms with E-state index in [-0.39, 0.29) is 17.9 Å². The molecule has 1 saturated carbocycles. The first-order valence-corrected chi connectivity index (χ1v) is 9.09. The van der Waals surface area contributed by atoms with Gasteiger partial charge < -0.3 is 10.0 Å². The first-order valence-electron chi connectivity index (χ1n) is 7.24. The smallest absolute Gasteiger partial charge is 0.307 e. The molecule has 1 aliphatic carbocycles. The van der Waals surface area contributed by atoms with E-state index >= 15 is 0 Å². The number of sulfonamides is 1. The highest BCUT2D eigenvalue weighted by atomic mass is 32.2. The summed E-state index contributed by atoms with van der Waals surface area (Å²) in [6.07, 6.45) is 2.85. The first kappa shape index (κ1) is 16.2. The molecule has 8 heteroatoms. The summed E-state index contributed by atoms with van der Waals surface area (Å²) >= 11 is 0. The molecular formula is C13H22N2O5S. The minimum Gasteiger partial charge on any atom is -0.481 e. The molecule has 1 amide bonds. The van der Waals surface area contributed by atoms with Gasteiger partial charge in [0.2, 0.25) is 15.9 Å². The van der Waals surface area contributed by atoms with Gasteiger partial charge in [0.15, 0.2) is 0 Å². The first-order chi connectivity index (χ1) is 9.75.